The third-order valence-corrected chi connectivity index (χ3v) is 4.38. The Hall–Kier alpha value is -1.33. The molecule has 1 amide bonds. The van der Waals surface area contributed by atoms with Gasteiger partial charge in [0.15, 0.2) is 0 Å². The van der Waals surface area contributed by atoms with Gasteiger partial charge in [-0.3, -0.25) is 0 Å². The van der Waals surface area contributed by atoms with E-state index in [1.807, 2.05) is 33.8 Å². The number of hydrogen-bond acceptors (Lipinski definition) is 3. The molecule has 0 spiro atoms. The zero-order valence-electron chi connectivity index (χ0n) is 14.7. The number of nitrogens with one attached hydrogen (secondary N) is 1. The Morgan fingerprint density at radius 1 is 1.38 bits per heavy atom. The molecule has 1 atom stereocenters. The highest BCUT2D eigenvalue weighted by Gasteiger charge is 2.27. The number of halogens is 2. The lowest BCUT2D eigenvalue weighted by Gasteiger charge is -2.35. The summed E-state index contributed by atoms with van der Waals surface area (Å²) < 4.78 is 19.0. The Morgan fingerprint density at radius 3 is 2.54 bits per heavy atom. The first-order valence-corrected chi connectivity index (χ1v) is 8.72. The van der Waals surface area contributed by atoms with Crippen molar-refractivity contribution in [3.8, 4) is 0 Å². The zero-order chi connectivity index (χ0) is 17.9. The normalized spacial score (nSPS) is 17.7. The van der Waals surface area contributed by atoms with Gasteiger partial charge in [-0.05, 0) is 58.2 Å². The lowest BCUT2D eigenvalue weighted by Crippen LogP contribution is -2.46. The van der Waals surface area contributed by atoms with E-state index < -0.39 is 11.4 Å². The summed E-state index contributed by atoms with van der Waals surface area (Å²) in [4.78, 5) is 13.8. The number of nitrogens with zero attached hydrogens (tertiary/aromatic N) is 1. The lowest BCUT2D eigenvalue weighted by molar-refractivity contribution is 0.0196. The Morgan fingerprint density at radius 2 is 2.00 bits per heavy atom. The second kappa shape index (κ2) is 7.70. The third kappa shape index (κ3) is 5.35. The van der Waals surface area contributed by atoms with Crippen molar-refractivity contribution in [1.29, 1.82) is 0 Å². The molecule has 134 valence electrons. The summed E-state index contributed by atoms with van der Waals surface area (Å²) in [7, 11) is 0. The van der Waals surface area contributed by atoms with Crippen molar-refractivity contribution in [3.63, 3.8) is 0 Å². The number of ether oxygens (including phenoxy) is 1. The first kappa shape index (κ1) is 19.0. The highest BCUT2D eigenvalue weighted by atomic mass is 35.5. The van der Waals surface area contributed by atoms with E-state index >= 15 is 0 Å². The van der Waals surface area contributed by atoms with Gasteiger partial charge in [-0.1, -0.05) is 17.7 Å². The number of benzene rings is 1. The molecule has 1 saturated heterocycles. The largest absolute Gasteiger partial charge is 0.444 e. The molecule has 1 aliphatic heterocycles. The van der Waals surface area contributed by atoms with Gasteiger partial charge in [0.25, 0.3) is 0 Å². The van der Waals surface area contributed by atoms with Crippen LogP contribution in [0.1, 0.15) is 52.1 Å². The van der Waals surface area contributed by atoms with Crippen LogP contribution in [0.3, 0.4) is 0 Å². The molecule has 1 aromatic carbocycles. The second-order valence-electron chi connectivity index (χ2n) is 7.30. The van der Waals surface area contributed by atoms with Crippen LogP contribution in [-0.4, -0.2) is 35.7 Å². The average molecular weight is 357 g/mol. The Bertz CT molecular complexity index is 581. The van der Waals surface area contributed by atoms with Crippen LogP contribution in [0.4, 0.5) is 9.18 Å². The van der Waals surface area contributed by atoms with Crippen molar-refractivity contribution in [2.24, 2.45) is 0 Å². The fraction of sp³-hybridized carbons (Fsp3) is 0.611. The van der Waals surface area contributed by atoms with Crippen molar-refractivity contribution in [2.75, 3.05) is 13.1 Å². The van der Waals surface area contributed by atoms with E-state index in [9.17, 15) is 9.18 Å². The SMILES string of the molecule is CC(NC1CCN(C(=O)OC(C)(C)C)CC1)c1ccc(Cl)c(F)c1. The van der Waals surface area contributed by atoms with Crippen LogP contribution in [-0.2, 0) is 4.74 Å². The van der Waals surface area contributed by atoms with Crippen molar-refractivity contribution in [3.05, 3.63) is 34.6 Å². The highest BCUT2D eigenvalue weighted by molar-refractivity contribution is 6.30. The lowest BCUT2D eigenvalue weighted by atomic mass is 10.0. The Balaban J connectivity index is 1.84. The molecule has 0 aromatic heterocycles. The van der Waals surface area contributed by atoms with Crippen LogP contribution in [0.5, 0.6) is 0 Å². The first-order chi connectivity index (χ1) is 11.2. The van der Waals surface area contributed by atoms with E-state index in [2.05, 4.69) is 5.32 Å². The molecule has 0 aliphatic carbocycles. The summed E-state index contributed by atoms with van der Waals surface area (Å²) in [6.07, 6.45) is 1.44. The molecule has 2 rings (SSSR count). The fourth-order valence-electron chi connectivity index (χ4n) is 2.79. The molecule has 1 fully saturated rings. The molecule has 0 bridgehead atoms. The first-order valence-electron chi connectivity index (χ1n) is 8.34. The molecule has 1 heterocycles. The van der Waals surface area contributed by atoms with E-state index in [1.54, 1.807) is 11.0 Å². The van der Waals surface area contributed by atoms with Gasteiger partial charge in [0.2, 0.25) is 0 Å². The number of rotatable bonds is 3. The van der Waals surface area contributed by atoms with Crippen molar-refractivity contribution in [1.82, 2.24) is 10.2 Å². The molecule has 4 nitrogen and oxygen atoms in total. The average Bonchev–Trinajstić information content (AvgIpc) is 2.49. The van der Waals surface area contributed by atoms with Gasteiger partial charge < -0.3 is 15.0 Å². The molecule has 0 radical (unpaired) electrons. The van der Waals surface area contributed by atoms with Gasteiger partial charge in [0.1, 0.15) is 11.4 Å². The van der Waals surface area contributed by atoms with Crippen LogP contribution in [0.2, 0.25) is 5.02 Å². The third-order valence-electron chi connectivity index (χ3n) is 4.08. The summed E-state index contributed by atoms with van der Waals surface area (Å²) in [5.41, 5.74) is 0.394. The minimum Gasteiger partial charge on any atom is -0.444 e. The summed E-state index contributed by atoms with van der Waals surface area (Å²) in [6, 6.07) is 5.19. The Labute approximate surface area is 148 Å². The smallest absolute Gasteiger partial charge is 0.410 e. The molecule has 6 heteroatoms. The van der Waals surface area contributed by atoms with Gasteiger partial charge in [-0.2, -0.15) is 0 Å². The maximum Gasteiger partial charge on any atom is 0.410 e. The predicted octanol–water partition coefficient (Wildman–Crippen LogP) is 4.53. The van der Waals surface area contributed by atoms with Crippen LogP contribution in [0.25, 0.3) is 0 Å². The molecule has 1 aromatic rings. The standard InChI is InChI=1S/C18H26ClFN2O2/c1-12(13-5-6-15(19)16(20)11-13)21-14-7-9-22(10-8-14)17(23)24-18(2,3)4/h5-6,11-12,14,21H,7-10H2,1-4H3. The zero-order valence-corrected chi connectivity index (χ0v) is 15.5. The molecule has 1 N–H and O–H groups in total. The second-order valence-corrected chi connectivity index (χ2v) is 7.71. The Kier molecular flexibility index (Phi) is 6.10. The van der Waals surface area contributed by atoms with Gasteiger partial charge in [-0.25, -0.2) is 9.18 Å². The minimum absolute atomic E-state index is 0.0230. The number of hydrogen-bond donors (Lipinski definition) is 1. The van der Waals surface area contributed by atoms with Crippen LogP contribution in [0, 0.1) is 5.82 Å². The maximum absolute atomic E-state index is 13.6. The van der Waals surface area contributed by atoms with Gasteiger partial charge in [0.05, 0.1) is 5.02 Å². The summed E-state index contributed by atoms with van der Waals surface area (Å²) in [5, 5.41) is 3.64. The van der Waals surface area contributed by atoms with E-state index in [0.29, 0.717) is 13.1 Å². The maximum atomic E-state index is 13.6. The minimum atomic E-state index is -0.473. The van der Waals surface area contributed by atoms with Gasteiger partial charge >= 0.3 is 6.09 Å². The number of carbonyl (C=O) groups is 1. The number of amides is 1. The molecule has 24 heavy (non-hydrogen) atoms. The van der Waals surface area contributed by atoms with Crippen molar-refractivity contribution in [2.45, 2.75) is 58.2 Å². The topological polar surface area (TPSA) is 41.6 Å². The molecule has 1 unspecified atom stereocenters. The van der Waals surface area contributed by atoms with Gasteiger partial charge in [-0.15, -0.1) is 0 Å². The monoisotopic (exact) mass is 356 g/mol. The summed E-state index contributed by atoms with van der Waals surface area (Å²) >= 11 is 5.72. The van der Waals surface area contributed by atoms with Crippen LogP contribution < -0.4 is 5.32 Å². The number of piperidine rings is 1. The quantitative estimate of drug-likeness (QED) is 0.865. The van der Waals surface area contributed by atoms with Crippen LogP contribution in [0.15, 0.2) is 18.2 Å². The van der Waals surface area contributed by atoms with E-state index in [0.717, 1.165) is 18.4 Å². The van der Waals surface area contributed by atoms with Gasteiger partial charge in [0, 0.05) is 25.2 Å². The fourth-order valence-corrected chi connectivity index (χ4v) is 2.90. The van der Waals surface area contributed by atoms with Crippen LogP contribution >= 0.6 is 11.6 Å². The highest BCUT2D eigenvalue weighted by Crippen LogP contribution is 2.22. The predicted molar refractivity (Wildman–Crippen MR) is 93.8 cm³/mol. The molecule has 1 aliphatic rings. The van der Waals surface area contributed by atoms with Crippen molar-refractivity contribution >= 4 is 17.7 Å². The van der Waals surface area contributed by atoms with E-state index in [-0.39, 0.29) is 23.2 Å². The van der Waals surface area contributed by atoms with Crippen molar-refractivity contribution < 1.29 is 13.9 Å². The summed E-state index contributed by atoms with van der Waals surface area (Å²) in [6.45, 7) is 8.93. The number of likely N-dealkylation sites (tertiary alicyclic amines) is 1. The summed E-state index contributed by atoms with van der Waals surface area (Å²) in [5.74, 6) is -0.400. The van der Waals surface area contributed by atoms with E-state index in [1.165, 1.54) is 6.07 Å². The molecular formula is C18H26ClFN2O2. The molecular weight excluding hydrogens is 331 g/mol. The number of carbonyl (C=O) groups excluding carboxylic acids is 1. The van der Waals surface area contributed by atoms with E-state index in [4.69, 9.17) is 16.3 Å². The molecule has 0 saturated carbocycles.